The van der Waals surface area contributed by atoms with Crippen LogP contribution >= 0.6 is 0 Å². The lowest BCUT2D eigenvalue weighted by Crippen LogP contribution is -2.38. The molecule has 0 atom stereocenters. The van der Waals surface area contributed by atoms with Crippen LogP contribution in [0.2, 0.25) is 0 Å². The number of amides is 1. The molecule has 0 aliphatic heterocycles. The number of sulfonamides is 1. The van der Waals surface area contributed by atoms with Gasteiger partial charge in [-0.25, -0.2) is 8.42 Å². The van der Waals surface area contributed by atoms with Gasteiger partial charge in [0.25, 0.3) is 10.0 Å². The van der Waals surface area contributed by atoms with Gasteiger partial charge < -0.3 is 14.6 Å². The maximum atomic E-state index is 13.6. The fourth-order valence-electron chi connectivity index (χ4n) is 3.33. The average Bonchev–Trinajstić information content (AvgIpc) is 3.10. The van der Waals surface area contributed by atoms with Crippen LogP contribution in [-0.4, -0.2) is 33.1 Å². The zero-order chi connectivity index (χ0) is 23.5. The van der Waals surface area contributed by atoms with E-state index in [1.165, 1.54) is 14.0 Å². The number of aryl methyl sites for hydroxylation is 2. The lowest BCUT2D eigenvalue weighted by molar-refractivity contribution is -0.114. The number of carbonyl (C=O) groups is 1. The van der Waals surface area contributed by atoms with Gasteiger partial charge in [0.05, 0.1) is 12.8 Å². The highest BCUT2D eigenvalue weighted by Crippen LogP contribution is 2.29. The molecule has 3 rings (SSSR count). The molecule has 170 valence electrons. The van der Waals surface area contributed by atoms with Gasteiger partial charge in [-0.3, -0.25) is 9.10 Å². The first-order valence-electron chi connectivity index (χ1n) is 10.1. The quantitative estimate of drug-likeness (QED) is 0.542. The van der Waals surface area contributed by atoms with E-state index in [0.717, 1.165) is 9.87 Å². The molecule has 3 aromatic rings. The number of aromatic nitrogens is 1. The SMILES string of the molecule is COc1cccc(NC(=O)CN(c2ccc(C(C)C)cc2)S(=O)(=O)c2c(C)noc2C)c1. The summed E-state index contributed by atoms with van der Waals surface area (Å²) in [7, 11) is -2.59. The van der Waals surface area contributed by atoms with Crippen LogP contribution in [0.15, 0.2) is 57.9 Å². The van der Waals surface area contributed by atoms with E-state index in [2.05, 4.69) is 24.3 Å². The molecule has 0 spiro atoms. The van der Waals surface area contributed by atoms with Gasteiger partial charge >= 0.3 is 0 Å². The highest BCUT2D eigenvalue weighted by Gasteiger charge is 2.33. The average molecular weight is 458 g/mol. The summed E-state index contributed by atoms with van der Waals surface area (Å²) in [6.45, 7) is 6.76. The second kappa shape index (κ2) is 9.44. The predicted molar refractivity (Wildman–Crippen MR) is 123 cm³/mol. The molecule has 0 radical (unpaired) electrons. The van der Waals surface area contributed by atoms with Gasteiger partial charge in [-0.15, -0.1) is 0 Å². The third kappa shape index (κ3) is 4.94. The molecule has 0 aliphatic carbocycles. The van der Waals surface area contributed by atoms with Gasteiger partial charge in [-0.1, -0.05) is 37.2 Å². The fraction of sp³-hybridized carbons (Fsp3) is 0.304. The minimum Gasteiger partial charge on any atom is -0.497 e. The Hall–Kier alpha value is -3.33. The monoisotopic (exact) mass is 457 g/mol. The number of anilines is 2. The molecule has 8 nitrogen and oxygen atoms in total. The Morgan fingerprint density at radius 3 is 2.41 bits per heavy atom. The van der Waals surface area contributed by atoms with Gasteiger partial charge in [0.2, 0.25) is 5.91 Å². The van der Waals surface area contributed by atoms with E-state index in [-0.39, 0.29) is 22.3 Å². The summed E-state index contributed by atoms with van der Waals surface area (Å²) in [6.07, 6.45) is 0. The summed E-state index contributed by atoms with van der Waals surface area (Å²) in [4.78, 5) is 12.8. The van der Waals surface area contributed by atoms with Crippen molar-refractivity contribution < 1.29 is 22.5 Å². The summed E-state index contributed by atoms with van der Waals surface area (Å²) < 4.78 is 38.5. The molecule has 0 fully saturated rings. The Morgan fingerprint density at radius 1 is 1.16 bits per heavy atom. The van der Waals surface area contributed by atoms with Gasteiger partial charge in [-0.05, 0) is 49.6 Å². The first kappa shape index (κ1) is 23.3. The van der Waals surface area contributed by atoms with Crippen LogP contribution in [0.4, 0.5) is 11.4 Å². The van der Waals surface area contributed by atoms with Gasteiger partial charge in [0.15, 0.2) is 10.7 Å². The van der Waals surface area contributed by atoms with Crippen LogP contribution in [0.25, 0.3) is 0 Å². The smallest absolute Gasteiger partial charge is 0.270 e. The van der Waals surface area contributed by atoms with Crippen molar-refractivity contribution >= 4 is 27.3 Å². The molecule has 0 saturated heterocycles. The Labute approximate surface area is 188 Å². The second-order valence-corrected chi connectivity index (χ2v) is 9.49. The molecular formula is C23H27N3O5S. The molecule has 0 bridgehead atoms. The summed E-state index contributed by atoms with van der Waals surface area (Å²) in [5.41, 5.74) is 2.16. The van der Waals surface area contributed by atoms with Gasteiger partial charge in [0, 0.05) is 11.8 Å². The molecule has 0 unspecified atom stereocenters. The Balaban J connectivity index is 1.97. The van der Waals surface area contributed by atoms with Gasteiger partial charge in [0.1, 0.15) is 18.0 Å². The molecule has 1 amide bonds. The van der Waals surface area contributed by atoms with E-state index < -0.39 is 22.5 Å². The number of hydrogen-bond donors (Lipinski definition) is 1. The molecule has 1 N–H and O–H groups in total. The van der Waals surface area contributed by atoms with Crippen molar-refractivity contribution in [3.05, 3.63) is 65.5 Å². The van der Waals surface area contributed by atoms with E-state index in [9.17, 15) is 13.2 Å². The van der Waals surface area contributed by atoms with E-state index in [1.807, 2.05) is 12.1 Å². The van der Waals surface area contributed by atoms with E-state index >= 15 is 0 Å². The first-order valence-corrected chi connectivity index (χ1v) is 11.6. The number of hydrogen-bond acceptors (Lipinski definition) is 6. The maximum Gasteiger partial charge on any atom is 0.270 e. The van der Waals surface area contributed by atoms with Crippen molar-refractivity contribution in [1.82, 2.24) is 5.16 Å². The topological polar surface area (TPSA) is 102 Å². The predicted octanol–water partition coefficient (Wildman–Crippen LogP) is 4.26. The summed E-state index contributed by atoms with van der Waals surface area (Å²) in [5, 5.41) is 6.50. The lowest BCUT2D eigenvalue weighted by atomic mass is 10.0. The fourth-order valence-corrected chi connectivity index (χ4v) is 5.04. The number of carbonyl (C=O) groups excluding carboxylic acids is 1. The highest BCUT2D eigenvalue weighted by atomic mass is 32.2. The van der Waals surface area contributed by atoms with Crippen LogP contribution in [0.3, 0.4) is 0 Å². The molecule has 32 heavy (non-hydrogen) atoms. The van der Waals surface area contributed by atoms with E-state index in [4.69, 9.17) is 9.26 Å². The van der Waals surface area contributed by atoms with Crippen molar-refractivity contribution in [2.24, 2.45) is 0 Å². The summed E-state index contributed by atoms with van der Waals surface area (Å²) >= 11 is 0. The number of benzene rings is 2. The summed E-state index contributed by atoms with van der Waals surface area (Å²) in [6, 6.07) is 13.9. The molecular weight excluding hydrogens is 430 g/mol. The zero-order valence-corrected chi connectivity index (χ0v) is 19.6. The molecule has 9 heteroatoms. The molecule has 2 aromatic carbocycles. The Bertz CT molecular complexity index is 1180. The number of nitrogens with zero attached hydrogens (tertiary/aromatic N) is 2. The minimum atomic E-state index is -4.11. The van der Waals surface area contributed by atoms with Crippen molar-refractivity contribution in [3.8, 4) is 5.75 Å². The molecule has 0 aliphatic rings. The zero-order valence-electron chi connectivity index (χ0n) is 18.7. The third-order valence-corrected chi connectivity index (χ3v) is 7.02. The van der Waals surface area contributed by atoms with Gasteiger partial charge in [-0.2, -0.15) is 0 Å². The lowest BCUT2D eigenvalue weighted by Gasteiger charge is -2.24. The Morgan fingerprint density at radius 2 is 1.84 bits per heavy atom. The highest BCUT2D eigenvalue weighted by molar-refractivity contribution is 7.93. The number of ether oxygens (including phenoxy) is 1. The first-order chi connectivity index (χ1) is 15.1. The van der Waals surface area contributed by atoms with Crippen molar-refractivity contribution in [2.75, 3.05) is 23.3 Å². The van der Waals surface area contributed by atoms with E-state index in [1.54, 1.807) is 43.3 Å². The number of methoxy groups -OCH3 is 1. The molecule has 1 aromatic heterocycles. The number of rotatable bonds is 8. The van der Waals surface area contributed by atoms with E-state index in [0.29, 0.717) is 17.1 Å². The van der Waals surface area contributed by atoms with Crippen molar-refractivity contribution in [3.63, 3.8) is 0 Å². The summed E-state index contributed by atoms with van der Waals surface area (Å²) in [5.74, 6) is 0.529. The maximum absolute atomic E-state index is 13.6. The van der Waals surface area contributed by atoms with Crippen LogP contribution in [0, 0.1) is 13.8 Å². The largest absolute Gasteiger partial charge is 0.497 e. The van der Waals surface area contributed by atoms with Crippen LogP contribution in [0.5, 0.6) is 5.75 Å². The third-order valence-electron chi connectivity index (χ3n) is 5.00. The Kier molecular flexibility index (Phi) is 6.88. The molecule has 1 heterocycles. The van der Waals surface area contributed by atoms with Crippen molar-refractivity contribution in [1.29, 1.82) is 0 Å². The number of nitrogens with one attached hydrogen (secondary N) is 1. The normalized spacial score (nSPS) is 11.4. The van der Waals surface area contributed by atoms with Crippen LogP contribution < -0.4 is 14.4 Å². The standard InChI is InChI=1S/C23H27N3O5S/c1-15(2)18-9-11-20(12-10-18)26(32(28,29)23-16(3)25-31-17(23)4)14-22(27)24-19-7-6-8-21(13-19)30-5/h6-13,15H,14H2,1-5H3,(H,24,27). The second-order valence-electron chi connectivity index (χ2n) is 7.69. The van der Waals surface area contributed by atoms with Crippen LogP contribution in [0.1, 0.15) is 36.8 Å². The molecule has 0 saturated carbocycles. The minimum absolute atomic E-state index is 0.0420. The van der Waals surface area contributed by atoms with Crippen molar-refractivity contribution in [2.45, 2.75) is 38.5 Å². The van der Waals surface area contributed by atoms with Crippen LogP contribution in [-0.2, 0) is 14.8 Å².